The number of carboxylic acid groups (broad SMARTS) is 1. The largest absolute Gasteiger partial charge is 0.481 e. The number of amides is 1. The number of aliphatic carboxylic acids is 1. The van der Waals surface area contributed by atoms with E-state index in [1.54, 1.807) is 11.8 Å². The summed E-state index contributed by atoms with van der Waals surface area (Å²) in [4.78, 5) is 25.0. The Morgan fingerprint density at radius 3 is 2.35 bits per heavy atom. The van der Waals surface area contributed by atoms with Crippen LogP contribution in [-0.2, 0) is 9.59 Å². The molecule has 0 spiro atoms. The van der Waals surface area contributed by atoms with Gasteiger partial charge in [-0.2, -0.15) is 11.8 Å². The number of thioether (sulfide) groups is 1. The van der Waals surface area contributed by atoms with Gasteiger partial charge in [0.05, 0.1) is 12.2 Å². The summed E-state index contributed by atoms with van der Waals surface area (Å²) in [5, 5.41) is 8.88. The van der Waals surface area contributed by atoms with Crippen molar-refractivity contribution in [2.24, 2.45) is 17.3 Å². The van der Waals surface area contributed by atoms with Gasteiger partial charge in [-0.3, -0.25) is 9.59 Å². The molecule has 4 nitrogen and oxygen atoms in total. The van der Waals surface area contributed by atoms with Crippen LogP contribution in [0.5, 0.6) is 0 Å². The zero-order valence-electron chi connectivity index (χ0n) is 12.4. The van der Waals surface area contributed by atoms with Gasteiger partial charge >= 0.3 is 5.97 Å². The van der Waals surface area contributed by atoms with Crippen LogP contribution in [0.4, 0.5) is 0 Å². The summed E-state index contributed by atoms with van der Waals surface area (Å²) in [6.45, 7) is 6.16. The maximum atomic E-state index is 12.2. The Morgan fingerprint density at radius 1 is 1.25 bits per heavy atom. The molecule has 1 aliphatic carbocycles. The van der Waals surface area contributed by atoms with Gasteiger partial charge in [-0.15, -0.1) is 0 Å². The first kappa shape index (κ1) is 15.7. The molecular weight excluding hydrogens is 274 g/mol. The second-order valence-corrected chi connectivity index (χ2v) is 7.79. The van der Waals surface area contributed by atoms with Crippen molar-refractivity contribution in [2.75, 3.05) is 24.6 Å². The van der Waals surface area contributed by atoms with E-state index in [4.69, 9.17) is 5.11 Å². The third-order valence-electron chi connectivity index (χ3n) is 4.34. The lowest BCUT2D eigenvalue weighted by Crippen LogP contribution is -2.43. The van der Waals surface area contributed by atoms with E-state index in [2.05, 4.69) is 13.8 Å². The van der Waals surface area contributed by atoms with E-state index in [0.717, 1.165) is 31.7 Å². The molecule has 2 atom stereocenters. The molecule has 0 bridgehead atoms. The summed E-state index contributed by atoms with van der Waals surface area (Å²) in [5.41, 5.74) is -0.0146. The minimum Gasteiger partial charge on any atom is -0.481 e. The van der Waals surface area contributed by atoms with Gasteiger partial charge in [-0.1, -0.05) is 13.8 Å². The van der Waals surface area contributed by atoms with E-state index < -0.39 is 5.97 Å². The highest BCUT2D eigenvalue weighted by Crippen LogP contribution is 2.51. The molecule has 20 heavy (non-hydrogen) atoms. The smallest absolute Gasteiger partial charge is 0.303 e. The van der Waals surface area contributed by atoms with Crippen molar-refractivity contribution in [3.63, 3.8) is 0 Å². The van der Waals surface area contributed by atoms with Crippen molar-refractivity contribution in [1.82, 2.24) is 4.90 Å². The van der Waals surface area contributed by atoms with Crippen LogP contribution < -0.4 is 0 Å². The summed E-state index contributed by atoms with van der Waals surface area (Å²) in [7, 11) is 0. The Balaban J connectivity index is 1.71. The van der Waals surface area contributed by atoms with Crippen LogP contribution in [0, 0.1) is 17.3 Å². The van der Waals surface area contributed by atoms with Gasteiger partial charge in [0.15, 0.2) is 0 Å². The van der Waals surface area contributed by atoms with Crippen molar-refractivity contribution < 1.29 is 14.7 Å². The zero-order chi connectivity index (χ0) is 14.8. The SMILES string of the molecule is CC1CC(C)CN(C(=O)CSCC2(CC(=O)O)CC2)C1. The van der Waals surface area contributed by atoms with Gasteiger partial charge in [-0.05, 0) is 42.3 Å². The Kier molecular flexibility index (Phi) is 4.99. The third-order valence-corrected chi connectivity index (χ3v) is 5.61. The molecule has 114 valence electrons. The first-order valence-electron chi connectivity index (χ1n) is 7.47. The lowest BCUT2D eigenvalue weighted by atomic mass is 9.92. The molecule has 0 aromatic carbocycles. The number of carboxylic acids is 1. The Hall–Kier alpha value is -0.710. The van der Waals surface area contributed by atoms with Crippen molar-refractivity contribution in [2.45, 2.75) is 39.5 Å². The quantitative estimate of drug-likeness (QED) is 0.818. The van der Waals surface area contributed by atoms with E-state index in [9.17, 15) is 9.59 Å². The summed E-state index contributed by atoms with van der Waals surface area (Å²) in [6, 6.07) is 0. The number of hydrogen-bond donors (Lipinski definition) is 1. The average molecular weight is 299 g/mol. The van der Waals surface area contributed by atoms with Gasteiger partial charge in [0, 0.05) is 13.1 Å². The van der Waals surface area contributed by atoms with Crippen LogP contribution in [0.1, 0.15) is 39.5 Å². The fourth-order valence-electron chi connectivity index (χ4n) is 3.18. The number of likely N-dealkylation sites (tertiary alicyclic amines) is 1. The van der Waals surface area contributed by atoms with Crippen LogP contribution >= 0.6 is 11.8 Å². The molecule has 1 saturated heterocycles. The number of carbonyl (C=O) groups excluding carboxylic acids is 1. The van der Waals surface area contributed by atoms with Gasteiger partial charge in [0.25, 0.3) is 0 Å². The van der Waals surface area contributed by atoms with Crippen LogP contribution in [-0.4, -0.2) is 46.5 Å². The molecule has 1 heterocycles. The minimum absolute atomic E-state index is 0.0146. The van der Waals surface area contributed by atoms with Gasteiger partial charge < -0.3 is 10.0 Å². The van der Waals surface area contributed by atoms with Crippen LogP contribution in [0.2, 0.25) is 0 Å². The molecule has 1 amide bonds. The number of nitrogens with zero attached hydrogens (tertiary/aromatic N) is 1. The standard InChI is InChI=1S/C15H25NO3S/c1-11-5-12(2)8-16(7-11)13(17)9-20-10-15(3-4-15)6-14(18)19/h11-12H,3-10H2,1-2H3,(H,18,19). The fourth-order valence-corrected chi connectivity index (χ4v) is 4.47. The highest BCUT2D eigenvalue weighted by Gasteiger charge is 2.44. The van der Waals surface area contributed by atoms with E-state index in [0.29, 0.717) is 17.6 Å². The van der Waals surface area contributed by atoms with Crippen molar-refractivity contribution in [3.05, 3.63) is 0 Å². The van der Waals surface area contributed by atoms with Crippen molar-refractivity contribution >= 4 is 23.6 Å². The Morgan fingerprint density at radius 2 is 1.85 bits per heavy atom. The molecule has 2 unspecified atom stereocenters. The van der Waals surface area contributed by atoms with Crippen LogP contribution in [0.3, 0.4) is 0 Å². The maximum absolute atomic E-state index is 12.2. The molecule has 0 radical (unpaired) electrons. The molecule has 0 aromatic rings. The normalized spacial score (nSPS) is 28.2. The van der Waals surface area contributed by atoms with Gasteiger partial charge in [0.1, 0.15) is 0 Å². The molecule has 2 fully saturated rings. The van der Waals surface area contributed by atoms with Crippen molar-refractivity contribution in [1.29, 1.82) is 0 Å². The van der Waals surface area contributed by atoms with Gasteiger partial charge in [-0.25, -0.2) is 0 Å². The molecular formula is C15H25NO3S. The summed E-state index contributed by atoms with van der Waals surface area (Å²) in [5.74, 6) is 2.00. The second-order valence-electron chi connectivity index (χ2n) is 6.81. The topological polar surface area (TPSA) is 57.6 Å². The molecule has 1 aliphatic heterocycles. The first-order chi connectivity index (χ1) is 9.40. The number of piperidine rings is 1. The van der Waals surface area contributed by atoms with E-state index in [1.807, 2.05) is 4.90 Å². The van der Waals surface area contributed by atoms with Gasteiger partial charge in [0.2, 0.25) is 5.91 Å². The summed E-state index contributed by atoms with van der Waals surface area (Å²) >= 11 is 1.61. The van der Waals surface area contributed by atoms with Crippen LogP contribution in [0.25, 0.3) is 0 Å². The van der Waals surface area contributed by atoms with Crippen LogP contribution in [0.15, 0.2) is 0 Å². The average Bonchev–Trinajstić information content (AvgIpc) is 3.06. The minimum atomic E-state index is -0.715. The molecule has 2 rings (SSSR count). The maximum Gasteiger partial charge on any atom is 0.303 e. The zero-order valence-corrected chi connectivity index (χ0v) is 13.2. The lowest BCUT2D eigenvalue weighted by molar-refractivity contribution is -0.138. The first-order valence-corrected chi connectivity index (χ1v) is 8.63. The summed E-state index contributed by atoms with van der Waals surface area (Å²) < 4.78 is 0. The second kappa shape index (κ2) is 6.37. The van der Waals surface area contributed by atoms with E-state index in [-0.39, 0.29) is 17.7 Å². The van der Waals surface area contributed by atoms with Crippen molar-refractivity contribution in [3.8, 4) is 0 Å². The fraction of sp³-hybridized carbons (Fsp3) is 0.867. The monoisotopic (exact) mass is 299 g/mol. The number of rotatable bonds is 6. The predicted molar refractivity (Wildman–Crippen MR) is 80.8 cm³/mol. The highest BCUT2D eigenvalue weighted by atomic mass is 32.2. The molecule has 5 heteroatoms. The summed E-state index contributed by atoms with van der Waals surface area (Å²) in [6.07, 6.45) is 3.46. The highest BCUT2D eigenvalue weighted by molar-refractivity contribution is 7.99. The number of carbonyl (C=O) groups is 2. The molecule has 0 aromatic heterocycles. The number of hydrogen-bond acceptors (Lipinski definition) is 3. The third kappa shape index (κ3) is 4.40. The molecule has 1 saturated carbocycles. The molecule has 2 aliphatic rings. The Labute approximate surface area is 125 Å². The predicted octanol–water partition coefficient (Wildman–Crippen LogP) is 2.48. The Bertz CT molecular complexity index is 371. The lowest BCUT2D eigenvalue weighted by Gasteiger charge is -2.35. The van der Waals surface area contributed by atoms with E-state index in [1.165, 1.54) is 6.42 Å². The van der Waals surface area contributed by atoms with E-state index >= 15 is 0 Å². The molecule has 1 N–H and O–H groups in total.